The lowest BCUT2D eigenvalue weighted by Gasteiger charge is -2.34. The molecule has 0 amide bonds. The van der Waals surface area contributed by atoms with E-state index in [1.54, 1.807) is 6.07 Å². The normalized spacial score (nSPS) is 30.0. The lowest BCUT2D eigenvalue weighted by atomic mass is 9.80. The predicted molar refractivity (Wildman–Crippen MR) is 90.0 cm³/mol. The van der Waals surface area contributed by atoms with Gasteiger partial charge in [0.2, 0.25) is 13.6 Å². The van der Waals surface area contributed by atoms with Gasteiger partial charge in [0.1, 0.15) is 0 Å². The Kier molecular flexibility index (Phi) is 3.04. The molecule has 2 bridgehead atoms. The number of carbonyl (C=O) groups is 1. The van der Waals surface area contributed by atoms with Gasteiger partial charge in [-0.1, -0.05) is 12.1 Å². The molecule has 0 N–H and O–H groups in total. The first-order valence-corrected chi connectivity index (χ1v) is 8.84. The standard InChI is InChI=1S/C20H16O7/c21-19-13-7-27-20(19,12-2-4-15-17(6-12)26-10-24-15)8-22-18(13)11-1-3-14-16(5-11)25-9-23-14/h1-6,13,18H,7-10H2. The van der Waals surface area contributed by atoms with Crippen molar-refractivity contribution in [2.45, 2.75) is 11.7 Å². The van der Waals surface area contributed by atoms with Gasteiger partial charge in [0.25, 0.3) is 0 Å². The Morgan fingerprint density at radius 2 is 1.56 bits per heavy atom. The molecule has 4 aliphatic heterocycles. The molecule has 27 heavy (non-hydrogen) atoms. The van der Waals surface area contributed by atoms with E-state index >= 15 is 0 Å². The molecular weight excluding hydrogens is 352 g/mol. The molecule has 7 heteroatoms. The van der Waals surface area contributed by atoms with Crippen LogP contribution in [0.2, 0.25) is 0 Å². The smallest absolute Gasteiger partial charge is 0.231 e. The van der Waals surface area contributed by atoms with Gasteiger partial charge < -0.3 is 28.4 Å². The highest BCUT2D eigenvalue weighted by molar-refractivity contribution is 5.94. The van der Waals surface area contributed by atoms with Gasteiger partial charge in [-0.3, -0.25) is 4.79 Å². The van der Waals surface area contributed by atoms with E-state index in [1.807, 2.05) is 30.3 Å². The van der Waals surface area contributed by atoms with E-state index in [4.69, 9.17) is 28.4 Å². The summed E-state index contributed by atoms with van der Waals surface area (Å²) >= 11 is 0. The summed E-state index contributed by atoms with van der Waals surface area (Å²) in [6.45, 7) is 0.863. The van der Waals surface area contributed by atoms with Crippen molar-refractivity contribution in [3.8, 4) is 23.0 Å². The lowest BCUT2D eigenvalue weighted by molar-refractivity contribution is -0.155. The van der Waals surface area contributed by atoms with Gasteiger partial charge in [0.15, 0.2) is 34.4 Å². The molecule has 0 saturated carbocycles. The molecule has 2 saturated heterocycles. The molecule has 0 radical (unpaired) electrons. The van der Waals surface area contributed by atoms with Gasteiger partial charge in [0, 0.05) is 0 Å². The monoisotopic (exact) mass is 368 g/mol. The number of benzene rings is 2. The van der Waals surface area contributed by atoms with Crippen LogP contribution in [0.15, 0.2) is 36.4 Å². The van der Waals surface area contributed by atoms with Crippen LogP contribution in [-0.4, -0.2) is 32.6 Å². The number of rotatable bonds is 2. The van der Waals surface area contributed by atoms with Crippen LogP contribution in [0.25, 0.3) is 0 Å². The van der Waals surface area contributed by atoms with Gasteiger partial charge >= 0.3 is 0 Å². The second kappa shape index (κ2) is 5.37. The summed E-state index contributed by atoms with van der Waals surface area (Å²) in [5.74, 6) is 2.35. The minimum atomic E-state index is -1.08. The maximum Gasteiger partial charge on any atom is 0.231 e. The predicted octanol–water partition coefficient (Wildman–Crippen LogP) is 2.33. The number of Topliss-reactive ketones (excluding diaryl/α,β-unsaturated/α-hetero) is 1. The molecule has 7 nitrogen and oxygen atoms in total. The molecule has 0 aliphatic carbocycles. The fourth-order valence-corrected chi connectivity index (χ4v) is 4.21. The fourth-order valence-electron chi connectivity index (χ4n) is 4.21. The Morgan fingerprint density at radius 3 is 2.37 bits per heavy atom. The average Bonchev–Trinajstić information content (AvgIpc) is 3.38. The quantitative estimate of drug-likeness (QED) is 0.805. The molecule has 0 spiro atoms. The van der Waals surface area contributed by atoms with Crippen molar-refractivity contribution in [2.24, 2.45) is 5.92 Å². The third kappa shape index (κ3) is 2.06. The Labute approximate surface area is 154 Å². The topological polar surface area (TPSA) is 72.5 Å². The molecular formula is C20H16O7. The summed E-state index contributed by atoms with van der Waals surface area (Å²) < 4.78 is 33.8. The summed E-state index contributed by atoms with van der Waals surface area (Å²) in [6.07, 6.45) is -0.364. The van der Waals surface area contributed by atoms with Crippen LogP contribution in [0, 0.1) is 5.92 Å². The van der Waals surface area contributed by atoms with Crippen LogP contribution < -0.4 is 18.9 Å². The van der Waals surface area contributed by atoms with Crippen LogP contribution in [-0.2, 0) is 19.9 Å². The Bertz CT molecular complexity index is 955. The number of carbonyl (C=O) groups excluding carboxylic acids is 1. The van der Waals surface area contributed by atoms with Crippen molar-refractivity contribution >= 4 is 5.78 Å². The molecule has 4 aliphatic rings. The van der Waals surface area contributed by atoms with E-state index in [2.05, 4.69) is 0 Å². The number of hydrogen-bond acceptors (Lipinski definition) is 7. The molecule has 2 aromatic carbocycles. The molecule has 4 heterocycles. The number of ether oxygens (including phenoxy) is 6. The van der Waals surface area contributed by atoms with Crippen molar-refractivity contribution in [1.82, 2.24) is 0 Å². The molecule has 2 fully saturated rings. The Morgan fingerprint density at radius 1 is 0.852 bits per heavy atom. The van der Waals surface area contributed by atoms with E-state index in [1.165, 1.54) is 0 Å². The van der Waals surface area contributed by atoms with Crippen molar-refractivity contribution in [3.05, 3.63) is 47.5 Å². The summed E-state index contributed by atoms with van der Waals surface area (Å²) in [5.41, 5.74) is 0.546. The number of hydrogen-bond donors (Lipinski definition) is 0. The molecule has 3 unspecified atom stereocenters. The van der Waals surface area contributed by atoms with E-state index in [0.717, 1.165) is 11.1 Å². The average molecular weight is 368 g/mol. The first kappa shape index (κ1) is 15.3. The molecule has 3 atom stereocenters. The van der Waals surface area contributed by atoms with Crippen LogP contribution in [0.3, 0.4) is 0 Å². The summed E-state index contributed by atoms with van der Waals surface area (Å²) in [4.78, 5) is 13.3. The van der Waals surface area contributed by atoms with E-state index < -0.39 is 5.60 Å². The Balaban J connectivity index is 1.33. The van der Waals surface area contributed by atoms with Crippen molar-refractivity contribution in [2.75, 3.05) is 26.8 Å². The van der Waals surface area contributed by atoms with Crippen molar-refractivity contribution < 1.29 is 33.2 Å². The van der Waals surface area contributed by atoms with Crippen LogP contribution in [0.5, 0.6) is 23.0 Å². The maximum atomic E-state index is 13.3. The SMILES string of the molecule is O=C1C2COC1(c1ccc3c(c1)OCO3)COC2c1ccc2c(c1)OCO2. The molecule has 0 aromatic heterocycles. The minimum absolute atomic E-state index is 0.0373. The summed E-state index contributed by atoms with van der Waals surface area (Å²) in [5, 5.41) is 0. The fraction of sp³-hybridized carbons (Fsp3) is 0.350. The molecule has 138 valence electrons. The highest BCUT2D eigenvalue weighted by Crippen LogP contribution is 2.49. The van der Waals surface area contributed by atoms with Crippen molar-refractivity contribution in [3.63, 3.8) is 0 Å². The Hall–Kier alpha value is -2.77. The van der Waals surface area contributed by atoms with E-state index in [-0.39, 0.29) is 38.0 Å². The second-order valence-corrected chi connectivity index (χ2v) is 7.02. The number of fused-ring (bicyclic) bond motifs is 4. The largest absolute Gasteiger partial charge is 0.454 e. The van der Waals surface area contributed by atoms with Gasteiger partial charge in [-0.25, -0.2) is 0 Å². The van der Waals surface area contributed by atoms with Gasteiger partial charge in [0.05, 0.1) is 25.2 Å². The highest BCUT2D eigenvalue weighted by Gasteiger charge is 2.57. The lowest BCUT2D eigenvalue weighted by Crippen LogP contribution is -2.45. The summed E-state index contributed by atoms with van der Waals surface area (Å²) in [7, 11) is 0. The minimum Gasteiger partial charge on any atom is -0.454 e. The van der Waals surface area contributed by atoms with E-state index in [9.17, 15) is 4.79 Å². The zero-order chi connectivity index (χ0) is 18.0. The van der Waals surface area contributed by atoms with Gasteiger partial charge in [-0.15, -0.1) is 0 Å². The second-order valence-electron chi connectivity index (χ2n) is 7.02. The van der Waals surface area contributed by atoms with Crippen molar-refractivity contribution in [1.29, 1.82) is 0 Å². The first-order valence-electron chi connectivity index (χ1n) is 8.84. The van der Waals surface area contributed by atoms with Gasteiger partial charge in [-0.05, 0) is 35.4 Å². The zero-order valence-electron chi connectivity index (χ0n) is 14.3. The van der Waals surface area contributed by atoms with Crippen LogP contribution in [0.1, 0.15) is 17.2 Å². The van der Waals surface area contributed by atoms with Gasteiger partial charge in [-0.2, -0.15) is 0 Å². The molecule has 6 rings (SSSR count). The van der Waals surface area contributed by atoms with E-state index in [0.29, 0.717) is 29.6 Å². The van der Waals surface area contributed by atoms with Crippen LogP contribution in [0.4, 0.5) is 0 Å². The highest BCUT2D eigenvalue weighted by atomic mass is 16.7. The molecule has 2 aromatic rings. The number of ketones is 1. The zero-order valence-corrected chi connectivity index (χ0v) is 14.3. The first-order chi connectivity index (χ1) is 13.2. The summed E-state index contributed by atoms with van der Waals surface area (Å²) in [6, 6.07) is 11.1. The third-order valence-corrected chi connectivity index (χ3v) is 5.64. The van der Waals surface area contributed by atoms with Crippen LogP contribution >= 0.6 is 0 Å². The maximum absolute atomic E-state index is 13.3. The third-order valence-electron chi connectivity index (χ3n) is 5.64.